The number of ether oxygens (including phenoxy) is 2. The maximum absolute atomic E-state index is 10.9. The molecule has 0 aliphatic carbocycles. The number of aromatic hydroxyl groups is 1. The molecule has 2 aliphatic heterocycles. The minimum Gasteiger partial charge on any atom is -0.508 e. The van der Waals surface area contributed by atoms with Crippen molar-refractivity contribution in [2.24, 2.45) is 11.8 Å². The summed E-state index contributed by atoms with van der Waals surface area (Å²) in [7, 11) is 0. The van der Waals surface area contributed by atoms with Crippen molar-refractivity contribution < 1.29 is 19.7 Å². The molecule has 4 bridgehead atoms. The van der Waals surface area contributed by atoms with Crippen LogP contribution in [-0.4, -0.2) is 29.0 Å². The average Bonchev–Trinajstić information content (AvgIpc) is 2.67. The Balaban J connectivity index is 1.86. The van der Waals surface area contributed by atoms with Gasteiger partial charge in [0.25, 0.3) is 0 Å². The van der Waals surface area contributed by atoms with Crippen LogP contribution >= 0.6 is 0 Å². The lowest BCUT2D eigenvalue weighted by molar-refractivity contribution is -0.168. The van der Waals surface area contributed by atoms with E-state index in [0.29, 0.717) is 6.61 Å². The average molecular weight is 391 g/mol. The highest BCUT2D eigenvalue weighted by Crippen LogP contribution is 2.44. The van der Waals surface area contributed by atoms with Crippen molar-refractivity contribution in [1.82, 2.24) is 0 Å². The zero-order valence-electron chi connectivity index (χ0n) is 17.8. The molecule has 0 spiro atoms. The van der Waals surface area contributed by atoms with Crippen LogP contribution in [0.2, 0.25) is 0 Å². The molecular formula is C24H38O4. The van der Waals surface area contributed by atoms with Crippen molar-refractivity contribution >= 4 is 0 Å². The van der Waals surface area contributed by atoms with Crippen LogP contribution in [0, 0.1) is 18.8 Å². The fourth-order valence-corrected chi connectivity index (χ4v) is 4.76. The second-order valence-corrected chi connectivity index (χ2v) is 8.95. The third kappa shape index (κ3) is 5.01. The van der Waals surface area contributed by atoms with Gasteiger partial charge in [0.1, 0.15) is 11.5 Å². The quantitative estimate of drug-likeness (QED) is 0.598. The normalized spacial score (nSPS) is 32.9. The van der Waals surface area contributed by atoms with Gasteiger partial charge in [0.05, 0.1) is 24.9 Å². The molecule has 0 radical (unpaired) electrons. The second-order valence-electron chi connectivity index (χ2n) is 8.95. The van der Waals surface area contributed by atoms with Gasteiger partial charge < -0.3 is 19.7 Å². The Morgan fingerprint density at radius 2 is 1.54 bits per heavy atom. The highest BCUT2D eigenvalue weighted by molar-refractivity contribution is 5.46. The van der Waals surface area contributed by atoms with Gasteiger partial charge in [0.2, 0.25) is 0 Å². The standard InChI is InChI=1S/C24H38O4/c1-16-14-20(25)19-15-22(16)27-13-11-9-7-5-4-6-8-10-12-21-17(2)23(26)18(3)24(19)28-21/h14-15,17-18,21,23-26H,4-13H2,1-3H3/t17-,18+,21+,23-,24?/m0/s1. The summed E-state index contributed by atoms with van der Waals surface area (Å²) in [6.45, 7) is 6.78. The van der Waals surface area contributed by atoms with Crippen molar-refractivity contribution in [3.05, 3.63) is 23.3 Å². The molecular weight excluding hydrogens is 352 g/mol. The van der Waals surface area contributed by atoms with Gasteiger partial charge in [-0.2, -0.15) is 0 Å². The summed E-state index contributed by atoms with van der Waals surface area (Å²) in [6.07, 6.45) is 10.0. The summed E-state index contributed by atoms with van der Waals surface area (Å²) in [4.78, 5) is 0. The van der Waals surface area contributed by atoms with E-state index in [0.717, 1.165) is 36.1 Å². The van der Waals surface area contributed by atoms with Gasteiger partial charge in [0, 0.05) is 17.4 Å². The third-order valence-electron chi connectivity index (χ3n) is 6.73. The van der Waals surface area contributed by atoms with Crippen molar-refractivity contribution in [3.63, 3.8) is 0 Å². The summed E-state index contributed by atoms with van der Waals surface area (Å²) in [5, 5.41) is 21.5. The number of rotatable bonds is 0. The van der Waals surface area contributed by atoms with E-state index in [9.17, 15) is 10.2 Å². The number of hydrogen-bond acceptors (Lipinski definition) is 4. The molecule has 28 heavy (non-hydrogen) atoms. The zero-order chi connectivity index (χ0) is 20.1. The van der Waals surface area contributed by atoms with Crippen LogP contribution in [0.3, 0.4) is 0 Å². The van der Waals surface area contributed by atoms with E-state index in [1.165, 1.54) is 38.5 Å². The first kappa shape index (κ1) is 21.4. The van der Waals surface area contributed by atoms with Crippen molar-refractivity contribution in [1.29, 1.82) is 0 Å². The molecule has 1 fully saturated rings. The minimum atomic E-state index is -0.434. The zero-order valence-corrected chi connectivity index (χ0v) is 17.8. The van der Waals surface area contributed by atoms with E-state index in [2.05, 4.69) is 6.92 Å². The molecule has 2 heterocycles. The smallest absolute Gasteiger partial charge is 0.122 e. The lowest BCUT2D eigenvalue weighted by Crippen LogP contribution is -2.45. The van der Waals surface area contributed by atoms with Gasteiger partial charge in [-0.15, -0.1) is 0 Å². The number of fused-ring (bicyclic) bond motifs is 5. The SMILES string of the molecule is Cc1cc(O)c2cc1OCCCCCCCCCC[C@H]1OC2[C@H](C)[C@@H](O)[C@H]1C. The number of phenolic OH excluding ortho intramolecular Hbond substituents is 1. The molecule has 0 aromatic heterocycles. The lowest BCUT2D eigenvalue weighted by atomic mass is 9.79. The number of benzene rings is 1. The molecule has 4 heteroatoms. The second kappa shape index (κ2) is 9.98. The Bertz CT molecular complexity index is 629. The molecule has 158 valence electrons. The molecule has 5 atom stereocenters. The molecule has 0 amide bonds. The topological polar surface area (TPSA) is 58.9 Å². The van der Waals surface area contributed by atoms with Gasteiger partial charge >= 0.3 is 0 Å². The number of aryl methyl sites for hydroxylation is 1. The summed E-state index contributed by atoms with van der Waals surface area (Å²) in [5.41, 5.74) is 1.68. The van der Waals surface area contributed by atoms with Crippen LogP contribution in [0.5, 0.6) is 11.5 Å². The molecule has 1 saturated heterocycles. The predicted octanol–water partition coefficient (Wildman–Crippen LogP) is 5.68. The van der Waals surface area contributed by atoms with E-state index < -0.39 is 6.10 Å². The van der Waals surface area contributed by atoms with E-state index in [1.54, 1.807) is 6.07 Å². The lowest BCUT2D eigenvalue weighted by Gasteiger charge is -2.43. The summed E-state index contributed by atoms with van der Waals surface area (Å²) >= 11 is 0. The fraction of sp³-hybridized carbons (Fsp3) is 0.750. The minimum absolute atomic E-state index is 0.0250. The maximum Gasteiger partial charge on any atom is 0.122 e. The molecule has 0 saturated carbocycles. The van der Waals surface area contributed by atoms with E-state index in [1.807, 2.05) is 19.9 Å². The highest BCUT2D eigenvalue weighted by Gasteiger charge is 2.41. The highest BCUT2D eigenvalue weighted by atomic mass is 16.5. The van der Waals surface area contributed by atoms with Crippen LogP contribution in [-0.2, 0) is 4.74 Å². The molecule has 2 aliphatic rings. The fourth-order valence-electron chi connectivity index (χ4n) is 4.76. The Kier molecular flexibility index (Phi) is 7.64. The summed E-state index contributed by atoms with van der Waals surface area (Å²) in [5.74, 6) is 1.09. The Morgan fingerprint density at radius 1 is 0.893 bits per heavy atom. The number of aliphatic hydroxyl groups excluding tert-OH is 1. The van der Waals surface area contributed by atoms with E-state index in [4.69, 9.17) is 9.47 Å². The van der Waals surface area contributed by atoms with Gasteiger partial charge in [-0.3, -0.25) is 0 Å². The van der Waals surface area contributed by atoms with Crippen molar-refractivity contribution in [2.45, 2.75) is 96.9 Å². The molecule has 4 nitrogen and oxygen atoms in total. The monoisotopic (exact) mass is 390 g/mol. The summed E-state index contributed by atoms with van der Waals surface area (Å²) in [6, 6.07) is 3.71. The van der Waals surface area contributed by atoms with Gasteiger partial charge in [-0.05, 0) is 37.5 Å². The largest absolute Gasteiger partial charge is 0.508 e. The van der Waals surface area contributed by atoms with Gasteiger partial charge in [-0.25, -0.2) is 0 Å². The molecule has 1 aromatic carbocycles. The molecule has 1 unspecified atom stereocenters. The predicted molar refractivity (Wildman–Crippen MR) is 112 cm³/mol. The third-order valence-corrected chi connectivity index (χ3v) is 6.73. The van der Waals surface area contributed by atoms with Crippen LogP contribution in [0.1, 0.15) is 88.9 Å². The molecule has 3 rings (SSSR count). The van der Waals surface area contributed by atoms with Crippen LogP contribution in [0.15, 0.2) is 12.1 Å². The molecule has 2 N–H and O–H groups in total. The van der Waals surface area contributed by atoms with Gasteiger partial charge in [-0.1, -0.05) is 58.8 Å². The molecule has 1 aromatic rings. The Labute approximate surface area is 170 Å². The van der Waals surface area contributed by atoms with E-state index in [-0.39, 0.29) is 29.8 Å². The van der Waals surface area contributed by atoms with Crippen LogP contribution in [0.4, 0.5) is 0 Å². The van der Waals surface area contributed by atoms with Gasteiger partial charge in [0.15, 0.2) is 0 Å². The van der Waals surface area contributed by atoms with Crippen LogP contribution < -0.4 is 4.74 Å². The first-order chi connectivity index (χ1) is 13.5. The number of phenols is 1. The first-order valence-electron chi connectivity index (χ1n) is 11.3. The maximum atomic E-state index is 10.9. The summed E-state index contributed by atoms with van der Waals surface area (Å²) < 4.78 is 12.5. The van der Waals surface area contributed by atoms with Crippen molar-refractivity contribution in [3.8, 4) is 11.5 Å². The van der Waals surface area contributed by atoms with Crippen LogP contribution in [0.25, 0.3) is 0 Å². The number of hydrogen-bond donors (Lipinski definition) is 2. The first-order valence-corrected chi connectivity index (χ1v) is 11.3. The van der Waals surface area contributed by atoms with E-state index >= 15 is 0 Å². The number of aliphatic hydroxyl groups is 1. The van der Waals surface area contributed by atoms with Crippen molar-refractivity contribution in [2.75, 3.05) is 6.61 Å². The Morgan fingerprint density at radius 3 is 2.25 bits per heavy atom. The Hall–Kier alpha value is -1.26.